The van der Waals surface area contributed by atoms with E-state index in [2.05, 4.69) is 85.8 Å². The molecule has 38 heavy (non-hydrogen) atoms. The highest BCUT2D eigenvalue weighted by Crippen LogP contribution is 2.33. The largest absolute Gasteiger partial charge is 0.0654 e. The smallest absolute Gasteiger partial charge is 0.0102 e. The molecule has 0 unspecified atom stereocenters. The van der Waals surface area contributed by atoms with E-state index in [1.807, 2.05) is 0 Å². The molecular weight excluding hydrogens is 456 g/mol. The first-order valence-corrected chi connectivity index (χ1v) is 15.8. The SMILES string of the molecule is CCCCCCCCCCCCCCc1ccccc1.c1ccc2c(c1)ccc1c3c(ccc12)CCCC3. The van der Waals surface area contributed by atoms with Gasteiger partial charge in [0.05, 0.1) is 0 Å². The van der Waals surface area contributed by atoms with Crippen LogP contribution in [0, 0.1) is 0 Å². The molecule has 0 aromatic heterocycles. The van der Waals surface area contributed by atoms with Gasteiger partial charge in [-0.3, -0.25) is 0 Å². The molecule has 0 fully saturated rings. The monoisotopic (exact) mass is 506 g/mol. The van der Waals surface area contributed by atoms with Gasteiger partial charge in [0.25, 0.3) is 0 Å². The van der Waals surface area contributed by atoms with Gasteiger partial charge in [0.1, 0.15) is 0 Å². The predicted molar refractivity (Wildman–Crippen MR) is 169 cm³/mol. The molecule has 202 valence electrons. The van der Waals surface area contributed by atoms with Crippen molar-refractivity contribution in [3.8, 4) is 0 Å². The molecule has 0 heterocycles. The third-order valence-electron chi connectivity index (χ3n) is 8.42. The first-order chi connectivity index (χ1) is 18.9. The van der Waals surface area contributed by atoms with Crippen molar-refractivity contribution < 1.29 is 0 Å². The number of hydrogen-bond acceptors (Lipinski definition) is 0. The summed E-state index contributed by atoms with van der Waals surface area (Å²) in [5.74, 6) is 0. The van der Waals surface area contributed by atoms with Gasteiger partial charge in [0, 0.05) is 0 Å². The molecule has 0 radical (unpaired) electrons. The lowest BCUT2D eigenvalue weighted by Gasteiger charge is -2.18. The summed E-state index contributed by atoms with van der Waals surface area (Å²) in [5.41, 5.74) is 4.67. The van der Waals surface area contributed by atoms with Gasteiger partial charge in [0.2, 0.25) is 0 Å². The Kier molecular flexibility index (Phi) is 12.2. The molecule has 0 amide bonds. The maximum atomic E-state index is 2.35. The first-order valence-electron chi connectivity index (χ1n) is 15.8. The topological polar surface area (TPSA) is 0 Å². The molecule has 0 heteroatoms. The Morgan fingerprint density at radius 3 is 1.82 bits per heavy atom. The van der Waals surface area contributed by atoms with Crippen LogP contribution in [0.3, 0.4) is 0 Å². The Morgan fingerprint density at radius 2 is 1.08 bits per heavy atom. The molecular formula is C38H50. The second kappa shape index (κ2) is 16.4. The minimum Gasteiger partial charge on any atom is -0.0654 e. The normalized spacial score (nSPS) is 12.8. The summed E-state index contributed by atoms with van der Waals surface area (Å²) in [7, 11) is 0. The Hall–Kier alpha value is -2.60. The molecule has 0 saturated carbocycles. The van der Waals surface area contributed by atoms with E-state index in [4.69, 9.17) is 0 Å². The van der Waals surface area contributed by atoms with Crippen LogP contribution >= 0.6 is 0 Å². The van der Waals surface area contributed by atoms with Crippen molar-refractivity contribution in [2.24, 2.45) is 0 Å². The number of hydrogen-bond donors (Lipinski definition) is 0. The van der Waals surface area contributed by atoms with Crippen molar-refractivity contribution in [3.05, 3.63) is 95.6 Å². The number of rotatable bonds is 13. The van der Waals surface area contributed by atoms with Crippen LogP contribution in [0.1, 0.15) is 114 Å². The summed E-state index contributed by atoms with van der Waals surface area (Å²) < 4.78 is 0. The van der Waals surface area contributed by atoms with Gasteiger partial charge in [-0.2, -0.15) is 0 Å². The standard InChI is InChI=1S/C20H34.C18H16/c1-2-3-4-5-6-7-8-9-10-11-12-14-17-20-18-15-13-16-19-20;1-3-7-15-13(5-1)9-11-18-16-8-4-2-6-14(16)10-12-17(15)18/h13,15-16,18-19H,2-12,14,17H2,1H3;1,3,5,7,9-12H,2,4,6,8H2. The molecule has 5 rings (SSSR count). The second-order valence-corrected chi connectivity index (χ2v) is 11.4. The highest BCUT2D eigenvalue weighted by atomic mass is 14.2. The van der Waals surface area contributed by atoms with Crippen LogP contribution in [-0.2, 0) is 19.3 Å². The number of unbranched alkanes of at least 4 members (excludes halogenated alkanes) is 11. The summed E-state index contributed by atoms with van der Waals surface area (Å²) in [4.78, 5) is 0. The molecule has 0 saturated heterocycles. The summed E-state index contributed by atoms with van der Waals surface area (Å²) in [6.07, 6.45) is 23.7. The minimum absolute atomic E-state index is 1.25. The fraction of sp³-hybridized carbons (Fsp3) is 0.474. The van der Waals surface area contributed by atoms with Crippen molar-refractivity contribution in [3.63, 3.8) is 0 Å². The molecule has 4 aromatic carbocycles. The molecule has 4 aromatic rings. The van der Waals surface area contributed by atoms with Crippen LogP contribution in [0.5, 0.6) is 0 Å². The third-order valence-corrected chi connectivity index (χ3v) is 8.42. The zero-order chi connectivity index (χ0) is 26.3. The van der Waals surface area contributed by atoms with Gasteiger partial charge in [-0.1, -0.05) is 156 Å². The van der Waals surface area contributed by atoms with Crippen LogP contribution in [0.2, 0.25) is 0 Å². The average molecular weight is 507 g/mol. The number of fused-ring (bicyclic) bond motifs is 5. The van der Waals surface area contributed by atoms with E-state index in [1.54, 1.807) is 11.1 Å². The van der Waals surface area contributed by atoms with Crippen LogP contribution in [0.15, 0.2) is 78.9 Å². The van der Waals surface area contributed by atoms with E-state index in [1.165, 1.54) is 136 Å². The zero-order valence-corrected chi connectivity index (χ0v) is 24.0. The van der Waals surface area contributed by atoms with Crippen LogP contribution in [0.25, 0.3) is 21.5 Å². The van der Waals surface area contributed by atoms with Gasteiger partial charge in [-0.15, -0.1) is 0 Å². The third kappa shape index (κ3) is 8.72. The Balaban J connectivity index is 0.000000177. The van der Waals surface area contributed by atoms with Crippen molar-refractivity contribution in [2.75, 3.05) is 0 Å². The van der Waals surface area contributed by atoms with Crippen molar-refractivity contribution in [1.29, 1.82) is 0 Å². The lowest BCUT2D eigenvalue weighted by Crippen LogP contribution is -2.02. The second-order valence-electron chi connectivity index (χ2n) is 11.4. The maximum absolute atomic E-state index is 2.35. The molecule has 0 bridgehead atoms. The molecule has 1 aliphatic carbocycles. The van der Waals surface area contributed by atoms with Crippen LogP contribution in [0.4, 0.5) is 0 Å². The fourth-order valence-electron chi connectivity index (χ4n) is 6.16. The fourth-order valence-corrected chi connectivity index (χ4v) is 6.16. The van der Waals surface area contributed by atoms with E-state index in [9.17, 15) is 0 Å². The van der Waals surface area contributed by atoms with Crippen molar-refractivity contribution in [1.82, 2.24) is 0 Å². The Morgan fingerprint density at radius 1 is 0.474 bits per heavy atom. The van der Waals surface area contributed by atoms with Gasteiger partial charge in [-0.25, -0.2) is 0 Å². The van der Waals surface area contributed by atoms with Gasteiger partial charge in [-0.05, 0) is 76.8 Å². The van der Waals surface area contributed by atoms with Gasteiger partial charge >= 0.3 is 0 Å². The lowest BCUT2D eigenvalue weighted by molar-refractivity contribution is 0.544. The molecule has 0 N–H and O–H groups in total. The first kappa shape index (κ1) is 28.4. The Labute approximate surface area is 232 Å². The number of aryl methyl sites for hydroxylation is 3. The molecule has 0 atom stereocenters. The van der Waals surface area contributed by atoms with Crippen molar-refractivity contribution in [2.45, 2.75) is 116 Å². The minimum atomic E-state index is 1.25. The Bertz CT molecular complexity index is 1200. The quantitative estimate of drug-likeness (QED) is 0.125. The van der Waals surface area contributed by atoms with Crippen LogP contribution in [-0.4, -0.2) is 0 Å². The summed E-state index contributed by atoms with van der Waals surface area (Å²) in [5, 5.41) is 5.64. The summed E-state index contributed by atoms with van der Waals surface area (Å²) >= 11 is 0. The zero-order valence-electron chi connectivity index (χ0n) is 24.0. The lowest BCUT2D eigenvalue weighted by atomic mass is 9.86. The van der Waals surface area contributed by atoms with E-state index < -0.39 is 0 Å². The average Bonchev–Trinajstić information content (AvgIpc) is 2.98. The molecule has 0 nitrogen and oxygen atoms in total. The molecule has 0 aliphatic heterocycles. The van der Waals surface area contributed by atoms with Crippen molar-refractivity contribution >= 4 is 21.5 Å². The van der Waals surface area contributed by atoms with E-state index in [0.29, 0.717) is 0 Å². The van der Waals surface area contributed by atoms with E-state index in [-0.39, 0.29) is 0 Å². The van der Waals surface area contributed by atoms with E-state index >= 15 is 0 Å². The van der Waals surface area contributed by atoms with Gasteiger partial charge in [0.15, 0.2) is 0 Å². The summed E-state index contributed by atoms with van der Waals surface area (Å²) in [6.45, 7) is 2.29. The highest BCUT2D eigenvalue weighted by Gasteiger charge is 2.13. The van der Waals surface area contributed by atoms with Crippen LogP contribution < -0.4 is 0 Å². The maximum Gasteiger partial charge on any atom is -0.0102 e. The molecule has 1 aliphatic rings. The van der Waals surface area contributed by atoms with Gasteiger partial charge < -0.3 is 0 Å². The highest BCUT2D eigenvalue weighted by molar-refractivity contribution is 6.08. The summed E-state index contributed by atoms with van der Waals surface area (Å²) in [6, 6.07) is 28.9. The number of benzene rings is 4. The molecule has 0 spiro atoms. The van der Waals surface area contributed by atoms with E-state index in [0.717, 1.165) is 0 Å². The predicted octanol–water partition coefficient (Wildman–Crippen LogP) is 11.8.